The van der Waals surface area contributed by atoms with Crippen LogP contribution in [0.2, 0.25) is 0 Å². The molecule has 0 spiro atoms. The SMILES string of the molecule is CC1c2nc(C(=O)NCc3ncccn3)cn2CCN1C1CCC1. The van der Waals surface area contributed by atoms with E-state index in [-0.39, 0.29) is 11.9 Å². The van der Waals surface area contributed by atoms with Gasteiger partial charge in [0.25, 0.3) is 5.91 Å². The van der Waals surface area contributed by atoms with Crippen molar-refractivity contribution in [1.29, 1.82) is 0 Å². The number of carbonyl (C=O) groups is 1. The number of amides is 1. The molecule has 1 N–H and O–H groups in total. The van der Waals surface area contributed by atoms with Crippen molar-refractivity contribution in [2.75, 3.05) is 6.54 Å². The van der Waals surface area contributed by atoms with Crippen molar-refractivity contribution in [3.05, 3.63) is 42.0 Å². The molecule has 2 aliphatic rings. The molecule has 1 aliphatic carbocycles. The van der Waals surface area contributed by atoms with Crippen molar-refractivity contribution >= 4 is 5.91 Å². The third-order valence-electron chi connectivity index (χ3n) is 5.08. The molecule has 1 fully saturated rings. The Hall–Kier alpha value is -2.28. The van der Waals surface area contributed by atoms with Crippen LogP contribution in [0.15, 0.2) is 24.7 Å². The van der Waals surface area contributed by atoms with Gasteiger partial charge in [-0.2, -0.15) is 0 Å². The summed E-state index contributed by atoms with van der Waals surface area (Å²) in [6, 6.07) is 2.71. The van der Waals surface area contributed by atoms with Crippen LogP contribution in [0, 0.1) is 0 Å². The highest BCUT2D eigenvalue weighted by atomic mass is 16.1. The van der Waals surface area contributed by atoms with Crippen molar-refractivity contribution in [2.45, 2.75) is 51.4 Å². The quantitative estimate of drug-likeness (QED) is 0.922. The second kappa shape index (κ2) is 6.32. The summed E-state index contributed by atoms with van der Waals surface area (Å²) >= 11 is 0. The molecule has 2 aromatic heterocycles. The molecule has 2 aromatic rings. The maximum Gasteiger partial charge on any atom is 0.271 e. The Morgan fingerprint density at radius 2 is 2.08 bits per heavy atom. The molecule has 0 radical (unpaired) electrons. The first-order valence-electron chi connectivity index (χ1n) is 8.59. The molecule has 0 bridgehead atoms. The molecule has 0 aromatic carbocycles. The van der Waals surface area contributed by atoms with Crippen LogP contribution >= 0.6 is 0 Å². The van der Waals surface area contributed by atoms with E-state index in [1.807, 2.05) is 6.20 Å². The zero-order valence-corrected chi connectivity index (χ0v) is 13.9. The number of nitrogens with zero attached hydrogens (tertiary/aromatic N) is 5. The van der Waals surface area contributed by atoms with E-state index in [0.717, 1.165) is 18.9 Å². The van der Waals surface area contributed by atoms with Crippen LogP contribution in [0.5, 0.6) is 0 Å². The molecule has 24 heavy (non-hydrogen) atoms. The summed E-state index contributed by atoms with van der Waals surface area (Å²) in [4.78, 5) is 27.7. The van der Waals surface area contributed by atoms with E-state index in [2.05, 4.69) is 36.7 Å². The number of carbonyl (C=O) groups excluding carboxylic acids is 1. The van der Waals surface area contributed by atoms with Crippen molar-refractivity contribution in [1.82, 2.24) is 29.7 Å². The molecule has 0 saturated heterocycles. The topological polar surface area (TPSA) is 75.9 Å². The molecule has 3 heterocycles. The molecule has 1 aliphatic heterocycles. The summed E-state index contributed by atoms with van der Waals surface area (Å²) in [6.07, 6.45) is 9.11. The maximum absolute atomic E-state index is 12.4. The summed E-state index contributed by atoms with van der Waals surface area (Å²) in [5.41, 5.74) is 0.475. The smallest absolute Gasteiger partial charge is 0.271 e. The van der Waals surface area contributed by atoms with Gasteiger partial charge in [-0.3, -0.25) is 9.69 Å². The molecule has 1 atom stereocenters. The first kappa shape index (κ1) is 15.3. The molecular weight excluding hydrogens is 304 g/mol. The van der Waals surface area contributed by atoms with Crippen molar-refractivity contribution in [3.63, 3.8) is 0 Å². The van der Waals surface area contributed by atoms with Gasteiger partial charge in [0.15, 0.2) is 0 Å². The molecule has 1 saturated carbocycles. The van der Waals surface area contributed by atoms with E-state index in [4.69, 9.17) is 0 Å². The molecule has 126 valence electrons. The Bertz CT molecular complexity index is 724. The van der Waals surface area contributed by atoms with E-state index in [1.54, 1.807) is 18.5 Å². The van der Waals surface area contributed by atoms with E-state index < -0.39 is 0 Å². The van der Waals surface area contributed by atoms with Gasteiger partial charge >= 0.3 is 0 Å². The lowest BCUT2D eigenvalue weighted by Crippen LogP contribution is -2.46. The molecule has 1 amide bonds. The van der Waals surface area contributed by atoms with Gasteiger partial charge in [0, 0.05) is 37.7 Å². The Morgan fingerprint density at radius 1 is 1.29 bits per heavy atom. The Morgan fingerprint density at radius 3 is 2.79 bits per heavy atom. The lowest BCUT2D eigenvalue weighted by molar-refractivity contribution is 0.0614. The van der Waals surface area contributed by atoms with Crippen molar-refractivity contribution in [2.24, 2.45) is 0 Å². The summed E-state index contributed by atoms with van der Waals surface area (Å²) in [7, 11) is 0. The van der Waals surface area contributed by atoms with Gasteiger partial charge in [-0.15, -0.1) is 0 Å². The number of hydrogen-bond acceptors (Lipinski definition) is 5. The highest BCUT2D eigenvalue weighted by Gasteiger charge is 2.34. The van der Waals surface area contributed by atoms with Crippen LogP contribution in [-0.4, -0.2) is 42.9 Å². The van der Waals surface area contributed by atoms with Crippen LogP contribution in [0.1, 0.15) is 54.4 Å². The molecule has 1 unspecified atom stereocenters. The van der Waals surface area contributed by atoms with Crippen molar-refractivity contribution in [3.8, 4) is 0 Å². The summed E-state index contributed by atoms with van der Waals surface area (Å²) in [5.74, 6) is 1.42. The first-order chi connectivity index (χ1) is 11.7. The molecule has 7 heteroatoms. The lowest BCUT2D eigenvalue weighted by atomic mass is 9.90. The minimum Gasteiger partial charge on any atom is -0.343 e. The van der Waals surface area contributed by atoms with E-state index in [9.17, 15) is 4.79 Å². The zero-order valence-electron chi connectivity index (χ0n) is 13.9. The van der Waals surface area contributed by atoms with Gasteiger partial charge in [-0.1, -0.05) is 6.42 Å². The fourth-order valence-electron chi connectivity index (χ4n) is 3.51. The van der Waals surface area contributed by atoms with Gasteiger partial charge in [0.1, 0.15) is 17.3 Å². The van der Waals surface area contributed by atoms with E-state index in [0.29, 0.717) is 24.1 Å². The lowest BCUT2D eigenvalue weighted by Gasteiger charge is -2.43. The minimum atomic E-state index is -0.174. The standard InChI is InChI=1S/C17H22N6O/c1-12-16-21-14(17(24)20-10-15-18-6-3-7-19-15)11-22(16)8-9-23(12)13-4-2-5-13/h3,6-7,11-13H,2,4-5,8-10H2,1H3,(H,20,24). The maximum atomic E-state index is 12.4. The number of fused-ring (bicyclic) bond motifs is 1. The fraction of sp³-hybridized carbons (Fsp3) is 0.529. The van der Waals surface area contributed by atoms with Crippen molar-refractivity contribution < 1.29 is 4.79 Å². The zero-order chi connectivity index (χ0) is 16.5. The van der Waals surface area contributed by atoms with Gasteiger partial charge in [0.2, 0.25) is 0 Å². The van der Waals surface area contributed by atoms with Gasteiger partial charge in [-0.05, 0) is 25.8 Å². The molecule has 4 rings (SSSR count). The third-order valence-corrected chi connectivity index (χ3v) is 5.08. The average Bonchev–Trinajstić information content (AvgIpc) is 3.00. The van der Waals surface area contributed by atoms with E-state index in [1.165, 1.54) is 19.3 Å². The normalized spacial score (nSPS) is 21.1. The molecular formula is C17H22N6O. The Kier molecular flexibility index (Phi) is 4.02. The van der Waals surface area contributed by atoms with Crippen LogP contribution < -0.4 is 5.32 Å². The predicted octanol–water partition coefficient (Wildman–Crippen LogP) is 1.53. The van der Waals surface area contributed by atoms with Crippen LogP contribution in [0.25, 0.3) is 0 Å². The van der Waals surface area contributed by atoms with Gasteiger partial charge in [0.05, 0.1) is 12.6 Å². The third kappa shape index (κ3) is 2.80. The minimum absolute atomic E-state index is 0.174. The monoisotopic (exact) mass is 326 g/mol. The fourth-order valence-corrected chi connectivity index (χ4v) is 3.51. The Balaban J connectivity index is 1.45. The molecule has 7 nitrogen and oxygen atoms in total. The highest BCUT2D eigenvalue weighted by molar-refractivity contribution is 5.92. The number of aromatic nitrogens is 4. The number of imidazole rings is 1. The second-order valence-corrected chi connectivity index (χ2v) is 6.52. The largest absolute Gasteiger partial charge is 0.343 e. The van der Waals surface area contributed by atoms with E-state index >= 15 is 0 Å². The van der Waals surface area contributed by atoms with Gasteiger partial charge in [-0.25, -0.2) is 15.0 Å². The summed E-state index contributed by atoms with van der Waals surface area (Å²) in [6.45, 7) is 4.44. The Labute approximate surface area is 141 Å². The predicted molar refractivity (Wildman–Crippen MR) is 88.2 cm³/mol. The highest BCUT2D eigenvalue weighted by Crippen LogP contribution is 2.34. The number of hydrogen-bond donors (Lipinski definition) is 1. The average molecular weight is 326 g/mol. The van der Waals surface area contributed by atoms with Crippen LogP contribution in [0.3, 0.4) is 0 Å². The van der Waals surface area contributed by atoms with Gasteiger partial charge < -0.3 is 9.88 Å². The second-order valence-electron chi connectivity index (χ2n) is 6.52. The van der Waals surface area contributed by atoms with Crippen LogP contribution in [-0.2, 0) is 13.1 Å². The van der Waals surface area contributed by atoms with Crippen LogP contribution in [0.4, 0.5) is 0 Å². The number of nitrogens with one attached hydrogen (secondary N) is 1. The first-order valence-corrected chi connectivity index (χ1v) is 8.59. The number of rotatable bonds is 4. The summed E-state index contributed by atoms with van der Waals surface area (Å²) in [5, 5.41) is 2.84. The summed E-state index contributed by atoms with van der Waals surface area (Å²) < 4.78 is 2.12.